The maximum absolute atomic E-state index is 12.4. The Balaban J connectivity index is 1.35. The minimum atomic E-state index is -0.563. The Morgan fingerprint density at radius 1 is 1.31 bits per heavy atom. The molecule has 32 heavy (non-hydrogen) atoms. The maximum Gasteiger partial charge on any atom is 0.415 e. The van der Waals surface area contributed by atoms with E-state index in [1.165, 1.54) is 11.8 Å². The standard InChI is InChI=1S/C21H20N6O5/c1-31-20(29)23-9-18-17-7-14-6-12(2-4-16(14)27(17)21(30)32-18)13-3-5-19(22-8-13)26-10-15(11-28)24-25-26/h2-6,8,10,17-18,28H,7,9,11H2,1H3,(H,23,29)/t17-,18-/m0/s1. The Labute approximate surface area is 182 Å². The topological polar surface area (TPSA) is 132 Å². The largest absolute Gasteiger partial charge is 0.453 e. The number of anilines is 1. The van der Waals surface area contributed by atoms with Gasteiger partial charge in [0, 0.05) is 11.8 Å². The van der Waals surface area contributed by atoms with E-state index in [2.05, 4.69) is 25.3 Å². The molecule has 2 aromatic heterocycles. The molecule has 0 saturated carbocycles. The molecule has 0 spiro atoms. The van der Waals surface area contributed by atoms with Crippen molar-refractivity contribution in [3.63, 3.8) is 0 Å². The highest BCUT2D eigenvalue weighted by molar-refractivity contribution is 5.94. The van der Waals surface area contributed by atoms with Gasteiger partial charge in [-0.1, -0.05) is 11.3 Å². The molecule has 1 saturated heterocycles. The molecule has 5 rings (SSSR count). The van der Waals surface area contributed by atoms with Gasteiger partial charge in [-0.25, -0.2) is 19.3 Å². The molecule has 2 aliphatic rings. The van der Waals surface area contributed by atoms with Crippen molar-refractivity contribution in [2.45, 2.75) is 25.2 Å². The van der Waals surface area contributed by atoms with Gasteiger partial charge in [0.05, 0.1) is 38.2 Å². The van der Waals surface area contributed by atoms with Crippen LogP contribution in [-0.2, 0) is 22.5 Å². The van der Waals surface area contributed by atoms with Gasteiger partial charge in [-0.3, -0.25) is 4.90 Å². The molecule has 2 N–H and O–H groups in total. The number of pyridine rings is 1. The van der Waals surface area contributed by atoms with Crippen LogP contribution in [0.3, 0.4) is 0 Å². The first-order valence-corrected chi connectivity index (χ1v) is 10.0. The molecule has 3 aromatic rings. The van der Waals surface area contributed by atoms with Crippen LogP contribution in [0.25, 0.3) is 16.9 Å². The molecular formula is C21H20N6O5. The van der Waals surface area contributed by atoms with Crippen molar-refractivity contribution in [3.05, 3.63) is 54.0 Å². The summed E-state index contributed by atoms with van der Waals surface area (Å²) in [7, 11) is 1.29. The van der Waals surface area contributed by atoms with Crippen molar-refractivity contribution in [2.75, 3.05) is 18.6 Å². The van der Waals surface area contributed by atoms with Crippen LogP contribution >= 0.6 is 0 Å². The van der Waals surface area contributed by atoms with E-state index >= 15 is 0 Å². The average Bonchev–Trinajstić information content (AvgIpc) is 3.52. The molecule has 2 amide bonds. The zero-order valence-corrected chi connectivity index (χ0v) is 17.1. The van der Waals surface area contributed by atoms with Gasteiger partial charge >= 0.3 is 12.2 Å². The van der Waals surface area contributed by atoms with Gasteiger partial charge in [0.15, 0.2) is 5.82 Å². The first-order chi connectivity index (χ1) is 15.6. The number of carbonyl (C=O) groups excluding carboxylic acids is 2. The number of benzene rings is 1. The summed E-state index contributed by atoms with van der Waals surface area (Å²) in [5.41, 5.74) is 4.19. The summed E-state index contributed by atoms with van der Waals surface area (Å²) in [4.78, 5) is 29.9. The highest BCUT2D eigenvalue weighted by Gasteiger charge is 2.47. The summed E-state index contributed by atoms with van der Waals surface area (Å²) < 4.78 is 11.5. The van der Waals surface area contributed by atoms with Gasteiger partial charge in [0.1, 0.15) is 11.8 Å². The Morgan fingerprint density at radius 3 is 2.88 bits per heavy atom. The highest BCUT2D eigenvalue weighted by Crippen LogP contribution is 2.40. The van der Waals surface area contributed by atoms with Gasteiger partial charge in [0.2, 0.25) is 0 Å². The monoisotopic (exact) mass is 436 g/mol. The lowest BCUT2D eigenvalue weighted by molar-refractivity contribution is 0.123. The van der Waals surface area contributed by atoms with E-state index in [1.807, 2.05) is 30.3 Å². The van der Waals surface area contributed by atoms with E-state index < -0.39 is 18.3 Å². The third kappa shape index (κ3) is 3.42. The van der Waals surface area contributed by atoms with E-state index in [1.54, 1.807) is 17.3 Å². The molecule has 164 valence electrons. The number of cyclic esters (lactones) is 1. The number of ether oxygens (including phenoxy) is 2. The fraction of sp³-hybridized carbons (Fsp3) is 0.286. The van der Waals surface area contributed by atoms with Gasteiger partial charge in [-0.05, 0) is 41.8 Å². The molecule has 0 bridgehead atoms. The number of hydrogen-bond donors (Lipinski definition) is 2. The average molecular weight is 436 g/mol. The van der Waals surface area contributed by atoms with Crippen molar-refractivity contribution >= 4 is 17.9 Å². The molecular weight excluding hydrogens is 416 g/mol. The quantitative estimate of drug-likeness (QED) is 0.614. The third-order valence-corrected chi connectivity index (χ3v) is 5.63. The first-order valence-electron chi connectivity index (χ1n) is 10.0. The van der Waals surface area contributed by atoms with Crippen LogP contribution < -0.4 is 10.2 Å². The van der Waals surface area contributed by atoms with Crippen molar-refractivity contribution in [1.82, 2.24) is 25.3 Å². The van der Waals surface area contributed by atoms with Crippen LogP contribution in [0.15, 0.2) is 42.7 Å². The number of aromatic nitrogens is 4. The summed E-state index contributed by atoms with van der Waals surface area (Å²) in [5.74, 6) is 0.589. The molecule has 2 aliphatic heterocycles. The number of alkyl carbamates (subject to hydrolysis) is 1. The number of fused-ring (bicyclic) bond motifs is 3. The Bertz CT molecular complexity index is 1180. The SMILES string of the molecule is COC(=O)NC[C@@H]1OC(=O)N2c3ccc(-c4ccc(-n5cc(CO)nn5)nc4)cc3C[C@@H]12. The fourth-order valence-corrected chi connectivity index (χ4v) is 4.06. The fourth-order valence-electron chi connectivity index (χ4n) is 4.06. The molecule has 0 aliphatic carbocycles. The number of nitrogens with one attached hydrogen (secondary N) is 1. The minimum absolute atomic E-state index is 0.182. The molecule has 1 fully saturated rings. The third-order valence-electron chi connectivity index (χ3n) is 5.63. The van der Waals surface area contributed by atoms with Gasteiger partial charge in [-0.2, -0.15) is 0 Å². The van der Waals surface area contributed by atoms with Crippen molar-refractivity contribution in [3.8, 4) is 16.9 Å². The maximum atomic E-state index is 12.4. The summed E-state index contributed by atoms with van der Waals surface area (Å²) in [6, 6.07) is 9.45. The molecule has 11 heteroatoms. The van der Waals surface area contributed by atoms with E-state index in [0.717, 1.165) is 22.4 Å². The van der Waals surface area contributed by atoms with Crippen LogP contribution in [0, 0.1) is 0 Å². The second-order valence-corrected chi connectivity index (χ2v) is 7.50. The van der Waals surface area contributed by atoms with Crippen LogP contribution in [-0.4, -0.2) is 63.1 Å². The predicted molar refractivity (Wildman–Crippen MR) is 111 cm³/mol. The number of amides is 2. The molecule has 0 unspecified atom stereocenters. The lowest BCUT2D eigenvalue weighted by Crippen LogP contribution is -2.40. The number of rotatable bonds is 5. The lowest BCUT2D eigenvalue weighted by Gasteiger charge is -2.16. The number of nitrogens with zero attached hydrogens (tertiary/aromatic N) is 5. The van der Waals surface area contributed by atoms with Crippen molar-refractivity contribution in [2.24, 2.45) is 0 Å². The second kappa shape index (κ2) is 7.93. The van der Waals surface area contributed by atoms with Gasteiger partial charge in [-0.15, -0.1) is 5.10 Å². The van der Waals surface area contributed by atoms with Crippen molar-refractivity contribution < 1.29 is 24.2 Å². The Morgan fingerprint density at radius 2 is 2.16 bits per heavy atom. The van der Waals surface area contributed by atoms with Gasteiger partial charge in [0.25, 0.3) is 0 Å². The zero-order valence-electron chi connectivity index (χ0n) is 17.1. The Kier molecular flexibility index (Phi) is 4.94. The van der Waals surface area contributed by atoms with Crippen LogP contribution in [0.4, 0.5) is 15.3 Å². The number of hydrogen-bond acceptors (Lipinski definition) is 8. The molecule has 11 nitrogen and oxygen atoms in total. The summed E-state index contributed by atoms with van der Waals surface area (Å²) in [6.45, 7) is 0.00443. The second-order valence-electron chi connectivity index (χ2n) is 7.50. The van der Waals surface area contributed by atoms with Crippen LogP contribution in [0.5, 0.6) is 0 Å². The highest BCUT2D eigenvalue weighted by atomic mass is 16.6. The summed E-state index contributed by atoms with van der Waals surface area (Å²) in [6.07, 6.45) is 2.55. The number of aliphatic hydroxyl groups is 1. The number of carbonyl (C=O) groups is 2. The Hall–Kier alpha value is -3.99. The van der Waals surface area contributed by atoms with Crippen molar-refractivity contribution in [1.29, 1.82) is 0 Å². The summed E-state index contributed by atoms with van der Waals surface area (Å²) >= 11 is 0. The van der Waals surface area contributed by atoms with E-state index in [-0.39, 0.29) is 19.2 Å². The van der Waals surface area contributed by atoms with Gasteiger partial charge < -0.3 is 19.9 Å². The minimum Gasteiger partial charge on any atom is -0.453 e. The summed E-state index contributed by atoms with van der Waals surface area (Å²) in [5, 5.41) is 19.5. The lowest BCUT2D eigenvalue weighted by atomic mass is 10.0. The normalized spacial score (nSPS) is 18.8. The molecule has 2 atom stereocenters. The van der Waals surface area contributed by atoms with E-state index in [4.69, 9.17) is 9.84 Å². The van der Waals surface area contributed by atoms with E-state index in [9.17, 15) is 9.59 Å². The smallest absolute Gasteiger partial charge is 0.415 e. The van der Waals surface area contributed by atoms with Crippen LogP contribution in [0.1, 0.15) is 11.3 Å². The molecule has 0 radical (unpaired) electrons. The zero-order chi connectivity index (χ0) is 22.2. The number of aliphatic hydroxyl groups excluding tert-OH is 1. The molecule has 4 heterocycles. The number of methoxy groups -OCH3 is 1. The first kappa shape index (κ1) is 19.9. The van der Waals surface area contributed by atoms with Crippen LogP contribution in [0.2, 0.25) is 0 Å². The molecule has 1 aromatic carbocycles. The van der Waals surface area contributed by atoms with E-state index in [0.29, 0.717) is 17.9 Å². The predicted octanol–water partition coefficient (Wildman–Crippen LogP) is 1.43.